The molecule has 15 heavy (non-hydrogen) atoms. The Hall–Kier alpha value is -1.38. The summed E-state index contributed by atoms with van der Waals surface area (Å²) in [7, 11) is 0. The maximum Gasteiger partial charge on any atom is 0.303 e. The van der Waals surface area contributed by atoms with Crippen LogP contribution in [-0.2, 0) is 4.79 Å². The molecule has 1 N–H and O–H groups in total. The van der Waals surface area contributed by atoms with Gasteiger partial charge in [-0.15, -0.1) is 0 Å². The molecule has 0 bridgehead atoms. The molecule has 0 fully saturated rings. The third kappa shape index (κ3) is 3.05. The third-order valence-corrected chi connectivity index (χ3v) is 2.50. The quantitative estimate of drug-likeness (QED) is 0.829. The molecule has 0 amide bonds. The number of carboxylic acid groups (broad SMARTS) is 1. The van der Waals surface area contributed by atoms with Crippen molar-refractivity contribution in [2.24, 2.45) is 5.92 Å². The standard InChI is InChI=1S/C12H15FO2/c1-8(2)10(7-12(14)15)9-5-3-4-6-11(9)13/h3-6,8,10H,7H2,1-2H3,(H,14,15). The van der Waals surface area contributed by atoms with Gasteiger partial charge in [-0.1, -0.05) is 32.0 Å². The summed E-state index contributed by atoms with van der Waals surface area (Å²) in [5.74, 6) is -1.36. The Kier molecular flexibility index (Phi) is 3.83. The SMILES string of the molecule is CC(C)C(CC(=O)O)c1ccccc1F. The van der Waals surface area contributed by atoms with Gasteiger partial charge in [0, 0.05) is 0 Å². The van der Waals surface area contributed by atoms with Crippen molar-refractivity contribution in [1.29, 1.82) is 0 Å². The van der Waals surface area contributed by atoms with Crippen molar-refractivity contribution >= 4 is 5.97 Å². The number of aliphatic carboxylic acids is 1. The monoisotopic (exact) mass is 210 g/mol. The maximum absolute atomic E-state index is 13.5. The molecule has 1 unspecified atom stereocenters. The second kappa shape index (κ2) is 4.91. The third-order valence-electron chi connectivity index (χ3n) is 2.50. The van der Waals surface area contributed by atoms with E-state index in [1.54, 1.807) is 18.2 Å². The molecule has 3 heteroatoms. The van der Waals surface area contributed by atoms with Gasteiger partial charge in [0.2, 0.25) is 0 Å². The number of carbonyl (C=O) groups is 1. The normalized spacial score (nSPS) is 12.8. The molecule has 0 saturated heterocycles. The van der Waals surface area contributed by atoms with Crippen molar-refractivity contribution < 1.29 is 14.3 Å². The van der Waals surface area contributed by atoms with Crippen LogP contribution in [0.5, 0.6) is 0 Å². The van der Waals surface area contributed by atoms with Crippen LogP contribution in [-0.4, -0.2) is 11.1 Å². The lowest BCUT2D eigenvalue weighted by molar-refractivity contribution is -0.137. The van der Waals surface area contributed by atoms with Crippen molar-refractivity contribution in [2.45, 2.75) is 26.2 Å². The van der Waals surface area contributed by atoms with Gasteiger partial charge in [0.15, 0.2) is 0 Å². The van der Waals surface area contributed by atoms with Gasteiger partial charge in [-0.05, 0) is 23.5 Å². The smallest absolute Gasteiger partial charge is 0.303 e. The lowest BCUT2D eigenvalue weighted by Gasteiger charge is -2.19. The summed E-state index contributed by atoms with van der Waals surface area (Å²) in [4.78, 5) is 10.7. The summed E-state index contributed by atoms with van der Waals surface area (Å²) in [5, 5.41) is 8.76. The molecule has 1 aromatic rings. The van der Waals surface area contributed by atoms with Crippen LogP contribution in [0.3, 0.4) is 0 Å². The molecule has 2 nitrogen and oxygen atoms in total. The second-order valence-corrected chi connectivity index (χ2v) is 3.97. The van der Waals surface area contributed by atoms with Gasteiger partial charge >= 0.3 is 5.97 Å². The first-order chi connectivity index (χ1) is 7.02. The number of hydrogen-bond donors (Lipinski definition) is 1. The molecule has 1 rings (SSSR count). The van der Waals surface area contributed by atoms with Crippen LogP contribution < -0.4 is 0 Å². The Morgan fingerprint density at radius 2 is 2.00 bits per heavy atom. The van der Waals surface area contributed by atoms with Crippen molar-refractivity contribution in [3.8, 4) is 0 Å². The molecule has 0 heterocycles. The minimum atomic E-state index is -0.892. The summed E-state index contributed by atoms with van der Waals surface area (Å²) >= 11 is 0. The second-order valence-electron chi connectivity index (χ2n) is 3.97. The van der Waals surface area contributed by atoms with E-state index in [0.29, 0.717) is 5.56 Å². The minimum absolute atomic E-state index is 0.0292. The first kappa shape index (κ1) is 11.7. The number of carboxylic acids is 1. The van der Waals surface area contributed by atoms with Crippen molar-refractivity contribution in [1.82, 2.24) is 0 Å². The van der Waals surface area contributed by atoms with Gasteiger partial charge in [-0.25, -0.2) is 4.39 Å². The van der Waals surface area contributed by atoms with E-state index in [1.165, 1.54) is 6.07 Å². The fourth-order valence-corrected chi connectivity index (χ4v) is 1.67. The first-order valence-corrected chi connectivity index (χ1v) is 4.98. The Labute approximate surface area is 88.7 Å². The zero-order chi connectivity index (χ0) is 11.4. The van der Waals surface area contributed by atoms with Gasteiger partial charge in [0.25, 0.3) is 0 Å². The highest BCUT2D eigenvalue weighted by Gasteiger charge is 2.21. The Bertz CT molecular complexity index is 347. The fraction of sp³-hybridized carbons (Fsp3) is 0.417. The van der Waals surface area contributed by atoms with Gasteiger partial charge in [0.1, 0.15) is 5.82 Å². The number of halogens is 1. The van der Waals surface area contributed by atoms with E-state index in [4.69, 9.17) is 5.11 Å². The Morgan fingerprint density at radius 1 is 1.40 bits per heavy atom. The van der Waals surface area contributed by atoms with Gasteiger partial charge in [-0.3, -0.25) is 4.79 Å². The van der Waals surface area contributed by atoms with Crippen LogP contribution in [0.25, 0.3) is 0 Å². The van der Waals surface area contributed by atoms with E-state index >= 15 is 0 Å². The van der Waals surface area contributed by atoms with E-state index in [1.807, 2.05) is 13.8 Å². The summed E-state index contributed by atoms with van der Waals surface area (Å²) in [5.41, 5.74) is 0.495. The minimum Gasteiger partial charge on any atom is -0.481 e. The molecule has 1 aromatic carbocycles. The average molecular weight is 210 g/mol. The largest absolute Gasteiger partial charge is 0.481 e. The molecule has 0 aromatic heterocycles. The highest BCUT2D eigenvalue weighted by atomic mass is 19.1. The molecule has 0 aliphatic heterocycles. The van der Waals surface area contributed by atoms with Gasteiger partial charge in [0.05, 0.1) is 6.42 Å². The predicted octanol–water partition coefficient (Wildman–Crippen LogP) is 3.04. The van der Waals surface area contributed by atoms with Crippen molar-refractivity contribution in [2.75, 3.05) is 0 Å². The Morgan fingerprint density at radius 3 is 2.47 bits per heavy atom. The Balaban J connectivity index is 2.99. The molecule has 0 aliphatic carbocycles. The molecule has 82 valence electrons. The number of rotatable bonds is 4. The van der Waals surface area contributed by atoms with E-state index in [2.05, 4.69) is 0 Å². The number of benzene rings is 1. The lowest BCUT2D eigenvalue weighted by Crippen LogP contribution is -2.13. The van der Waals surface area contributed by atoms with Crippen molar-refractivity contribution in [3.05, 3.63) is 35.6 Å². The van der Waals surface area contributed by atoms with E-state index in [-0.39, 0.29) is 24.1 Å². The fourth-order valence-electron chi connectivity index (χ4n) is 1.67. The maximum atomic E-state index is 13.5. The van der Waals surface area contributed by atoms with Crippen LogP contribution in [0.1, 0.15) is 31.7 Å². The van der Waals surface area contributed by atoms with Crippen LogP contribution in [0.15, 0.2) is 24.3 Å². The van der Waals surface area contributed by atoms with Crippen LogP contribution in [0.2, 0.25) is 0 Å². The average Bonchev–Trinajstić information content (AvgIpc) is 2.15. The van der Waals surface area contributed by atoms with Gasteiger partial charge in [-0.2, -0.15) is 0 Å². The van der Waals surface area contributed by atoms with Crippen molar-refractivity contribution in [3.63, 3.8) is 0 Å². The molecular weight excluding hydrogens is 195 g/mol. The topological polar surface area (TPSA) is 37.3 Å². The summed E-state index contributed by atoms with van der Waals surface area (Å²) in [6.45, 7) is 3.81. The van der Waals surface area contributed by atoms with Crippen LogP contribution in [0, 0.1) is 11.7 Å². The van der Waals surface area contributed by atoms with E-state index < -0.39 is 5.97 Å². The lowest BCUT2D eigenvalue weighted by atomic mass is 9.85. The number of hydrogen-bond acceptors (Lipinski definition) is 1. The molecule has 0 spiro atoms. The molecule has 1 atom stereocenters. The zero-order valence-electron chi connectivity index (χ0n) is 8.90. The molecular formula is C12H15FO2. The summed E-state index contributed by atoms with van der Waals surface area (Å²) in [6.07, 6.45) is -0.0292. The van der Waals surface area contributed by atoms with Gasteiger partial charge < -0.3 is 5.11 Å². The molecule has 0 aliphatic rings. The predicted molar refractivity (Wildman–Crippen MR) is 56.2 cm³/mol. The van der Waals surface area contributed by atoms with Crippen LogP contribution >= 0.6 is 0 Å². The summed E-state index contributed by atoms with van der Waals surface area (Å²) in [6, 6.07) is 6.36. The first-order valence-electron chi connectivity index (χ1n) is 4.98. The molecule has 0 radical (unpaired) electrons. The highest BCUT2D eigenvalue weighted by Crippen LogP contribution is 2.29. The van der Waals surface area contributed by atoms with E-state index in [0.717, 1.165) is 0 Å². The highest BCUT2D eigenvalue weighted by molar-refractivity contribution is 5.68. The van der Waals surface area contributed by atoms with E-state index in [9.17, 15) is 9.18 Å². The molecule has 0 saturated carbocycles. The summed E-state index contributed by atoms with van der Waals surface area (Å²) < 4.78 is 13.5. The van der Waals surface area contributed by atoms with Crippen LogP contribution in [0.4, 0.5) is 4.39 Å². The zero-order valence-corrected chi connectivity index (χ0v) is 8.90.